The van der Waals surface area contributed by atoms with Crippen LogP contribution in [0.3, 0.4) is 0 Å². The van der Waals surface area contributed by atoms with Gasteiger partial charge < -0.3 is 11.1 Å². The second kappa shape index (κ2) is 5.37. The fourth-order valence-electron chi connectivity index (χ4n) is 1.26. The van der Waals surface area contributed by atoms with Gasteiger partial charge >= 0.3 is 0 Å². The molecule has 0 atom stereocenters. The number of nitrogens with two attached hydrogens (primary N) is 1. The molecule has 1 rings (SSSR count). The zero-order chi connectivity index (χ0) is 13.1. The molecule has 0 aliphatic heterocycles. The summed E-state index contributed by atoms with van der Waals surface area (Å²) in [5.41, 5.74) is 5.67. The van der Waals surface area contributed by atoms with E-state index < -0.39 is 9.84 Å². The van der Waals surface area contributed by atoms with E-state index in [0.717, 1.165) is 0 Å². The molecule has 94 valence electrons. The summed E-state index contributed by atoms with van der Waals surface area (Å²) in [6.07, 6.45) is -0.0963. The first kappa shape index (κ1) is 13.8. The summed E-state index contributed by atoms with van der Waals surface area (Å²) < 4.78 is 23.8. The van der Waals surface area contributed by atoms with Crippen molar-refractivity contribution in [3.05, 3.63) is 23.2 Å². The molecule has 1 aromatic rings. The molecule has 0 aliphatic carbocycles. The molecule has 7 heteroatoms. The van der Waals surface area contributed by atoms with Crippen LogP contribution in [0.5, 0.6) is 0 Å². The number of amides is 1. The molecule has 1 aromatic carbocycles. The maximum atomic E-state index is 11.9. The lowest BCUT2D eigenvalue weighted by atomic mass is 10.3. The highest BCUT2D eigenvalue weighted by Crippen LogP contribution is 2.23. The lowest BCUT2D eigenvalue weighted by Crippen LogP contribution is -2.21. The molecule has 0 spiro atoms. The summed E-state index contributed by atoms with van der Waals surface area (Å²) in [6.45, 7) is 0. The molecule has 0 saturated carbocycles. The monoisotopic (exact) mass is 276 g/mol. The maximum absolute atomic E-state index is 11.9. The van der Waals surface area contributed by atoms with Gasteiger partial charge in [0.25, 0.3) is 0 Å². The van der Waals surface area contributed by atoms with E-state index in [1.807, 2.05) is 0 Å². The first-order chi connectivity index (χ1) is 7.86. The Hall–Kier alpha value is -1.27. The van der Waals surface area contributed by atoms with E-state index in [4.69, 9.17) is 17.3 Å². The molecule has 0 saturated heterocycles. The fraction of sp³-hybridized carbons (Fsp3) is 0.300. The highest BCUT2D eigenvalue weighted by Gasteiger charge is 2.18. The smallest absolute Gasteiger partial charge is 0.220 e. The van der Waals surface area contributed by atoms with Crippen molar-refractivity contribution < 1.29 is 13.2 Å². The van der Waals surface area contributed by atoms with Crippen LogP contribution in [0.4, 0.5) is 5.69 Å². The van der Waals surface area contributed by atoms with Crippen molar-refractivity contribution in [2.24, 2.45) is 0 Å². The number of carbonyl (C=O) groups excluding carboxylic acids is 1. The predicted molar refractivity (Wildman–Crippen MR) is 66.6 cm³/mol. The van der Waals surface area contributed by atoms with Crippen molar-refractivity contribution in [3.8, 4) is 0 Å². The zero-order valence-corrected chi connectivity index (χ0v) is 10.8. The van der Waals surface area contributed by atoms with Crippen molar-refractivity contribution in [3.63, 3.8) is 0 Å². The number of hydrogen-bond acceptors (Lipinski definition) is 4. The van der Waals surface area contributed by atoms with Gasteiger partial charge in [-0.05, 0) is 18.2 Å². The first-order valence-electron chi connectivity index (χ1n) is 4.85. The number of carbonyl (C=O) groups is 1. The quantitative estimate of drug-likeness (QED) is 0.797. The third-order valence-electron chi connectivity index (χ3n) is 2.18. The van der Waals surface area contributed by atoms with Gasteiger partial charge in [-0.1, -0.05) is 11.6 Å². The van der Waals surface area contributed by atoms with E-state index in [2.05, 4.69) is 5.32 Å². The number of nitrogens with one attached hydrogen (secondary N) is 1. The first-order valence-corrected chi connectivity index (χ1v) is 6.88. The predicted octanol–water partition coefficient (Wildman–Crippen LogP) is 0.832. The van der Waals surface area contributed by atoms with Crippen LogP contribution < -0.4 is 11.1 Å². The molecule has 17 heavy (non-hydrogen) atoms. The van der Waals surface area contributed by atoms with Gasteiger partial charge in [-0.2, -0.15) is 0 Å². The standard InChI is InChI=1S/C10H13ClN2O3S/c1-13-10(14)4-5-17(15,16)9-3-2-7(11)6-8(9)12/h2-3,6H,4-5,12H2,1H3,(H,13,14). The van der Waals surface area contributed by atoms with Gasteiger partial charge in [0, 0.05) is 18.5 Å². The normalized spacial score (nSPS) is 11.2. The molecule has 0 unspecified atom stereocenters. The SMILES string of the molecule is CNC(=O)CCS(=O)(=O)c1ccc(Cl)cc1N. The average Bonchev–Trinajstić information content (AvgIpc) is 2.25. The minimum Gasteiger partial charge on any atom is -0.398 e. The second-order valence-corrected chi connectivity index (χ2v) is 5.94. The summed E-state index contributed by atoms with van der Waals surface area (Å²) >= 11 is 5.68. The number of hydrogen-bond donors (Lipinski definition) is 2. The minimum atomic E-state index is -3.56. The van der Waals surface area contributed by atoms with Crippen LogP contribution in [-0.2, 0) is 14.6 Å². The van der Waals surface area contributed by atoms with Gasteiger partial charge in [-0.15, -0.1) is 0 Å². The van der Waals surface area contributed by atoms with Crippen LogP contribution in [0.1, 0.15) is 6.42 Å². The van der Waals surface area contributed by atoms with Crippen molar-refractivity contribution in [1.29, 1.82) is 0 Å². The van der Waals surface area contributed by atoms with Gasteiger partial charge in [0.15, 0.2) is 9.84 Å². The average molecular weight is 277 g/mol. The molecular formula is C10H13ClN2O3S. The summed E-state index contributed by atoms with van der Waals surface area (Å²) in [7, 11) is -2.11. The number of sulfone groups is 1. The van der Waals surface area contributed by atoms with Crippen molar-refractivity contribution in [2.45, 2.75) is 11.3 Å². The van der Waals surface area contributed by atoms with E-state index in [0.29, 0.717) is 5.02 Å². The molecule has 1 amide bonds. The number of halogens is 1. The largest absolute Gasteiger partial charge is 0.398 e. The van der Waals surface area contributed by atoms with Crippen LogP contribution in [-0.4, -0.2) is 27.1 Å². The molecule has 0 fully saturated rings. The van der Waals surface area contributed by atoms with Gasteiger partial charge in [0.2, 0.25) is 5.91 Å². The van der Waals surface area contributed by atoms with Crippen LogP contribution in [0.2, 0.25) is 5.02 Å². The Morgan fingerprint density at radius 1 is 1.47 bits per heavy atom. The minimum absolute atomic E-state index is 0.00537. The molecule has 5 nitrogen and oxygen atoms in total. The molecular weight excluding hydrogens is 264 g/mol. The van der Waals surface area contributed by atoms with Gasteiger partial charge in [-0.3, -0.25) is 4.79 Å². The Bertz CT molecular complexity index is 528. The van der Waals surface area contributed by atoms with Gasteiger partial charge in [0.1, 0.15) is 0 Å². The molecule has 3 N–H and O–H groups in total. The third kappa shape index (κ3) is 3.61. The number of rotatable bonds is 4. The highest BCUT2D eigenvalue weighted by molar-refractivity contribution is 7.91. The van der Waals surface area contributed by atoms with Crippen molar-refractivity contribution in [1.82, 2.24) is 5.32 Å². The summed E-state index contributed by atoms with van der Waals surface area (Å²) in [5.74, 6) is -0.612. The number of anilines is 1. The number of benzene rings is 1. The maximum Gasteiger partial charge on any atom is 0.220 e. The van der Waals surface area contributed by atoms with E-state index >= 15 is 0 Å². The second-order valence-electron chi connectivity index (χ2n) is 3.42. The Morgan fingerprint density at radius 2 is 2.12 bits per heavy atom. The van der Waals surface area contributed by atoms with Crippen LogP contribution in [0.25, 0.3) is 0 Å². The lowest BCUT2D eigenvalue weighted by molar-refractivity contribution is -0.120. The fourth-order valence-corrected chi connectivity index (χ4v) is 2.81. The molecule has 0 aromatic heterocycles. The molecule has 0 bridgehead atoms. The van der Waals surface area contributed by atoms with Crippen molar-refractivity contribution in [2.75, 3.05) is 18.5 Å². The Morgan fingerprint density at radius 3 is 2.65 bits per heavy atom. The number of nitrogen functional groups attached to an aromatic ring is 1. The van der Waals surface area contributed by atoms with E-state index in [-0.39, 0.29) is 28.7 Å². The van der Waals surface area contributed by atoms with E-state index in [1.54, 1.807) is 0 Å². The zero-order valence-electron chi connectivity index (χ0n) is 9.23. The van der Waals surface area contributed by atoms with Gasteiger partial charge in [0.05, 0.1) is 16.3 Å². The van der Waals surface area contributed by atoms with E-state index in [1.165, 1.54) is 25.2 Å². The molecule has 0 aliphatic rings. The van der Waals surface area contributed by atoms with Crippen LogP contribution >= 0.6 is 11.6 Å². The highest BCUT2D eigenvalue weighted by atomic mass is 35.5. The van der Waals surface area contributed by atoms with Gasteiger partial charge in [-0.25, -0.2) is 8.42 Å². The van der Waals surface area contributed by atoms with Crippen molar-refractivity contribution >= 4 is 33.0 Å². The lowest BCUT2D eigenvalue weighted by Gasteiger charge is -2.07. The topological polar surface area (TPSA) is 89.3 Å². The summed E-state index contributed by atoms with van der Waals surface area (Å²) in [5, 5.41) is 2.73. The summed E-state index contributed by atoms with van der Waals surface area (Å²) in [4.78, 5) is 11.0. The molecule has 0 heterocycles. The Kier molecular flexibility index (Phi) is 4.36. The Balaban J connectivity index is 2.94. The van der Waals surface area contributed by atoms with Crippen LogP contribution in [0, 0.1) is 0 Å². The third-order valence-corrected chi connectivity index (χ3v) is 4.20. The van der Waals surface area contributed by atoms with E-state index in [9.17, 15) is 13.2 Å². The molecule has 0 radical (unpaired) electrons. The van der Waals surface area contributed by atoms with Crippen LogP contribution in [0.15, 0.2) is 23.1 Å². The summed E-state index contributed by atoms with van der Waals surface area (Å²) in [6, 6.07) is 4.16. The Labute approximate surface area is 105 Å².